The maximum absolute atomic E-state index is 6.25. The van der Waals surface area contributed by atoms with Crippen molar-refractivity contribution >= 4 is 34.7 Å². The van der Waals surface area contributed by atoms with Crippen molar-refractivity contribution in [2.45, 2.75) is 19.8 Å². The number of rotatable bonds is 0. The maximum atomic E-state index is 6.25. The van der Waals surface area contributed by atoms with Gasteiger partial charge in [0.25, 0.3) is 0 Å². The number of nitrogens with zero attached hydrogens (tertiary/aromatic N) is 2. The van der Waals surface area contributed by atoms with E-state index >= 15 is 0 Å². The smallest absolute Gasteiger partial charge is 0.229 e. The van der Waals surface area contributed by atoms with Crippen LogP contribution >= 0.6 is 11.6 Å². The first-order valence-electron chi connectivity index (χ1n) is 7.92. The van der Waals surface area contributed by atoms with Crippen molar-refractivity contribution in [3.05, 3.63) is 70.4 Å². The highest BCUT2D eigenvalue weighted by molar-refractivity contribution is 6.32. The van der Waals surface area contributed by atoms with E-state index in [2.05, 4.69) is 57.9 Å². The highest BCUT2D eigenvalue weighted by Crippen LogP contribution is 2.27. The van der Waals surface area contributed by atoms with Crippen LogP contribution in [-0.4, -0.2) is 9.97 Å². The molecule has 2 aromatic carbocycles. The Bertz CT molecular complexity index is 908. The third kappa shape index (κ3) is 3.05. The average molecular weight is 337 g/mol. The maximum Gasteiger partial charge on any atom is 0.229 e. The van der Waals surface area contributed by atoms with Crippen molar-refractivity contribution in [2.24, 2.45) is 0 Å². The van der Waals surface area contributed by atoms with Crippen molar-refractivity contribution in [2.75, 3.05) is 10.6 Å². The molecular weight excluding hydrogens is 320 g/mol. The van der Waals surface area contributed by atoms with E-state index in [-0.39, 0.29) is 0 Å². The number of halogens is 1. The monoisotopic (exact) mass is 336 g/mol. The molecule has 0 spiro atoms. The lowest BCUT2D eigenvalue weighted by Gasteiger charge is -2.11. The van der Waals surface area contributed by atoms with E-state index in [4.69, 9.17) is 11.6 Å². The Hall–Kier alpha value is -2.59. The van der Waals surface area contributed by atoms with Crippen LogP contribution in [0.2, 0.25) is 5.02 Å². The first kappa shape index (κ1) is 15.0. The number of aromatic nitrogens is 2. The van der Waals surface area contributed by atoms with Gasteiger partial charge in [-0.05, 0) is 60.7 Å². The SMILES string of the molecule is Cc1ccc2cc1CCc1cccc(c1)Nc1ncc(Cl)c(n1)N2. The first-order chi connectivity index (χ1) is 11.7. The van der Waals surface area contributed by atoms with Gasteiger partial charge < -0.3 is 10.6 Å². The van der Waals surface area contributed by atoms with Gasteiger partial charge in [-0.25, -0.2) is 4.98 Å². The van der Waals surface area contributed by atoms with Crippen molar-refractivity contribution in [1.82, 2.24) is 9.97 Å². The van der Waals surface area contributed by atoms with Gasteiger partial charge in [-0.1, -0.05) is 29.8 Å². The van der Waals surface area contributed by atoms with E-state index in [0.29, 0.717) is 16.8 Å². The minimum atomic E-state index is 0.492. The zero-order valence-corrected chi connectivity index (χ0v) is 14.1. The number of hydrogen-bond donors (Lipinski definition) is 2. The Balaban J connectivity index is 1.84. The first-order valence-corrected chi connectivity index (χ1v) is 8.30. The molecule has 6 bridgehead atoms. The van der Waals surface area contributed by atoms with Gasteiger partial charge in [-0.3, -0.25) is 0 Å². The van der Waals surface area contributed by atoms with Gasteiger partial charge in [-0.2, -0.15) is 4.98 Å². The second-order valence-corrected chi connectivity index (χ2v) is 6.39. The summed E-state index contributed by atoms with van der Waals surface area (Å²) in [5, 5.41) is 7.04. The largest absolute Gasteiger partial charge is 0.339 e. The van der Waals surface area contributed by atoms with Gasteiger partial charge in [-0.15, -0.1) is 0 Å². The molecule has 0 radical (unpaired) electrons. The molecule has 0 unspecified atom stereocenters. The van der Waals surface area contributed by atoms with Crippen LogP contribution in [0.3, 0.4) is 0 Å². The molecule has 120 valence electrons. The lowest BCUT2D eigenvalue weighted by molar-refractivity contribution is 0.950. The van der Waals surface area contributed by atoms with Crippen LogP contribution in [0.5, 0.6) is 0 Å². The van der Waals surface area contributed by atoms with Crippen LogP contribution in [0, 0.1) is 6.92 Å². The molecule has 1 aromatic heterocycles. The molecule has 0 saturated carbocycles. The summed E-state index contributed by atoms with van der Waals surface area (Å²) < 4.78 is 0. The third-order valence-corrected chi connectivity index (χ3v) is 4.50. The quantitative estimate of drug-likeness (QED) is 0.605. The Labute approximate surface area is 145 Å². The molecule has 2 N–H and O–H groups in total. The summed E-state index contributed by atoms with van der Waals surface area (Å²) in [6.07, 6.45) is 3.58. The Kier molecular flexibility index (Phi) is 3.82. The van der Waals surface area contributed by atoms with Gasteiger partial charge >= 0.3 is 0 Å². The van der Waals surface area contributed by atoms with Crippen LogP contribution in [-0.2, 0) is 12.8 Å². The Morgan fingerprint density at radius 2 is 1.88 bits per heavy atom. The molecule has 4 rings (SSSR count). The van der Waals surface area contributed by atoms with Crippen LogP contribution < -0.4 is 10.6 Å². The molecule has 24 heavy (non-hydrogen) atoms. The molecule has 0 fully saturated rings. The second-order valence-electron chi connectivity index (χ2n) is 5.98. The predicted octanol–water partition coefficient (Wildman–Crippen LogP) is 5.02. The molecule has 5 heteroatoms. The van der Waals surface area contributed by atoms with E-state index in [0.717, 1.165) is 24.2 Å². The van der Waals surface area contributed by atoms with E-state index in [1.807, 2.05) is 12.1 Å². The summed E-state index contributed by atoms with van der Waals surface area (Å²) in [6, 6.07) is 14.7. The van der Waals surface area contributed by atoms with Crippen molar-refractivity contribution < 1.29 is 0 Å². The molecule has 2 heterocycles. The molecule has 4 nitrogen and oxygen atoms in total. The second kappa shape index (κ2) is 6.13. The zero-order valence-electron chi connectivity index (χ0n) is 13.3. The molecule has 3 aromatic rings. The minimum Gasteiger partial charge on any atom is -0.339 e. The molecular formula is C19H17ClN4. The summed E-state index contributed by atoms with van der Waals surface area (Å²) >= 11 is 6.25. The normalized spacial score (nSPS) is 12.9. The van der Waals surface area contributed by atoms with Crippen molar-refractivity contribution in [1.29, 1.82) is 0 Å². The number of aryl methyl sites for hydroxylation is 3. The summed E-state index contributed by atoms with van der Waals surface area (Å²) in [4.78, 5) is 8.76. The predicted molar refractivity (Wildman–Crippen MR) is 98.6 cm³/mol. The molecule has 0 saturated heterocycles. The van der Waals surface area contributed by atoms with E-state index < -0.39 is 0 Å². The number of hydrogen-bond acceptors (Lipinski definition) is 4. The fraction of sp³-hybridized carbons (Fsp3) is 0.158. The molecule has 0 amide bonds. The summed E-state index contributed by atoms with van der Waals surface area (Å²) in [5.41, 5.74) is 5.85. The molecule has 0 aliphatic carbocycles. The van der Waals surface area contributed by atoms with Crippen molar-refractivity contribution in [3.8, 4) is 0 Å². The molecule has 0 atom stereocenters. The summed E-state index contributed by atoms with van der Waals surface area (Å²) in [6.45, 7) is 2.14. The van der Waals surface area contributed by atoms with Crippen LogP contribution in [0.1, 0.15) is 16.7 Å². The lowest BCUT2D eigenvalue weighted by atomic mass is 9.99. The fourth-order valence-corrected chi connectivity index (χ4v) is 3.02. The van der Waals surface area contributed by atoms with E-state index in [1.165, 1.54) is 16.7 Å². The summed E-state index contributed by atoms with van der Waals surface area (Å²) in [5.74, 6) is 1.12. The summed E-state index contributed by atoms with van der Waals surface area (Å²) in [7, 11) is 0. The number of benzene rings is 2. The van der Waals surface area contributed by atoms with Crippen molar-refractivity contribution in [3.63, 3.8) is 0 Å². The van der Waals surface area contributed by atoms with Gasteiger partial charge in [0.15, 0.2) is 5.82 Å². The highest BCUT2D eigenvalue weighted by Gasteiger charge is 2.10. The number of fused-ring (bicyclic) bond motifs is 6. The third-order valence-electron chi connectivity index (χ3n) is 4.22. The topological polar surface area (TPSA) is 49.8 Å². The fourth-order valence-electron chi connectivity index (χ4n) is 2.88. The number of anilines is 4. The average Bonchev–Trinajstić information content (AvgIpc) is 2.58. The van der Waals surface area contributed by atoms with Crippen LogP contribution in [0.25, 0.3) is 0 Å². The van der Waals surface area contributed by atoms with Gasteiger partial charge in [0, 0.05) is 11.4 Å². The molecule has 1 aliphatic heterocycles. The van der Waals surface area contributed by atoms with Crippen LogP contribution in [0.15, 0.2) is 48.7 Å². The van der Waals surface area contributed by atoms with Gasteiger partial charge in [0.1, 0.15) is 5.02 Å². The standard InChI is InChI=1S/C19H17ClN4/c1-12-5-8-16-10-14(12)7-6-13-3-2-4-15(9-13)23-19-21-11-17(20)18(22-16)24-19/h2-5,8-11H,6-7H2,1H3,(H2,21,22,23,24). The minimum absolute atomic E-state index is 0.492. The van der Waals surface area contributed by atoms with Gasteiger partial charge in [0.2, 0.25) is 5.95 Å². The Morgan fingerprint density at radius 3 is 2.79 bits per heavy atom. The highest BCUT2D eigenvalue weighted by atomic mass is 35.5. The van der Waals surface area contributed by atoms with E-state index in [9.17, 15) is 0 Å². The van der Waals surface area contributed by atoms with Gasteiger partial charge in [0.05, 0.1) is 6.20 Å². The molecule has 1 aliphatic rings. The van der Waals surface area contributed by atoms with Crippen LogP contribution in [0.4, 0.5) is 23.1 Å². The van der Waals surface area contributed by atoms with E-state index in [1.54, 1.807) is 6.20 Å². The number of nitrogens with one attached hydrogen (secondary N) is 2. The Morgan fingerprint density at radius 1 is 1.00 bits per heavy atom. The lowest BCUT2D eigenvalue weighted by Crippen LogP contribution is -2.01. The zero-order chi connectivity index (χ0) is 16.5.